The summed E-state index contributed by atoms with van der Waals surface area (Å²) in [4.78, 5) is 0. The zero-order chi connectivity index (χ0) is 14.5. The molecule has 2 rings (SSSR count). The fourth-order valence-electron chi connectivity index (χ4n) is 2.03. The van der Waals surface area contributed by atoms with Gasteiger partial charge in [-0.25, -0.2) is 0 Å². The molecule has 0 saturated carbocycles. The molecule has 20 heavy (non-hydrogen) atoms. The lowest BCUT2D eigenvalue weighted by molar-refractivity contribution is 0.340. The van der Waals surface area contributed by atoms with E-state index in [2.05, 4.69) is 15.9 Å². The van der Waals surface area contributed by atoms with Crippen LogP contribution in [0.4, 0.5) is 0 Å². The Kier molecular flexibility index (Phi) is 5.04. The molecular formula is C16H18BrNO2. The minimum atomic E-state index is -0.213. The van der Waals surface area contributed by atoms with Crippen LogP contribution >= 0.6 is 15.9 Å². The number of benzene rings is 2. The molecule has 0 saturated heterocycles. The molecular weight excluding hydrogens is 318 g/mol. The topological polar surface area (TPSA) is 44.5 Å². The van der Waals surface area contributed by atoms with Gasteiger partial charge in [-0.05, 0) is 42.3 Å². The van der Waals surface area contributed by atoms with Gasteiger partial charge in [-0.15, -0.1) is 0 Å². The average molecular weight is 336 g/mol. The van der Waals surface area contributed by atoms with Gasteiger partial charge in [0.05, 0.1) is 19.8 Å². The van der Waals surface area contributed by atoms with Gasteiger partial charge in [-0.3, -0.25) is 0 Å². The largest absolute Gasteiger partial charge is 0.497 e. The third kappa shape index (κ3) is 3.32. The Bertz CT molecular complexity index is 586. The zero-order valence-corrected chi connectivity index (χ0v) is 13.2. The third-order valence-electron chi connectivity index (χ3n) is 3.07. The first-order chi connectivity index (χ1) is 9.65. The highest BCUT2D eigenvalue weighted by Crippen LogP contribution is 2.31. The molecule has 0 aliphatic carbocycles. The molecule has 4 heteroatoms. The molecule has 0 spiro atoms. The van der Waals surface area contributed by atoms with Crippen LogP contribution in [0.25, 0.3) is 0 Å². The number of hydrogen-bond acceptors (Lipinski definition) is 3. The van der Waals surface area contributed by atoms with E-state index in [9.17, 15) is 0 Å². The molecule has 1 unspecified atom stereocenters. The molecule has 2 aromatic rings. The van der Waals surface area contributed by atoms with Crippen molar-refractivity contribution < 1.29 is 9.47 Å². The van der Waals surface area contributed by atoms with E-state index >= 15 is 0 Å². The van der Waals surface area contributed by atoms with Gasteiger partial charge < -0.3 is 15.2 Å². The Morgan fingerprint density at radius 3 is 2.60 bits per heavy atom. The van der Waals surface area contributed by atoms with Crippen LogP contribution in [0.1, 0.15) is 24.1 Å². The highest BCUT2D eigenvalue weighted by Gasteiger charge is 2.13. The maximum Gasteiger partial charge on any atom is 0.120 e. The minimum absolute atomic E-state index is 0.213. The first kappa shape index (κ1) is 14.9. The third-order valence-corrected chi connectivity index (χ3v) is 3.76. The Balaban J connectivity index is 2.30. The van der Waals surface area contributed by atoms with Crippen molar-refractivity contribution in [3.63, 3.8) is 0 Å². The van der Waals surface area contributed by atoms with Gasteiger partial charge in [0.15, 0.2) is 0 Å². The van der Waals surface area contributed by atoms with E-state index in [-0.39, 0.29) is 6.04 Å². The number of rotatable bonds is 5. The molecule has 0 aliphatic heterocycles. The van der Waals surface area contributed by atoms with Gasteiger partial charge >= 0.3 is 0 Å². The highest BCUT2D eigenvalue weighted by atomic mass is 79.9. The van der Waals surface area contributed by atoms with Crippen molar-refractivity contribution >= 4 is 15.9 Å². The van der Waals surface area contributed by atoms with Crippen molar-refractivity contribution in [2.75, 3.05) is 13.7 Å². The SMILES string of the molecule is CCOc1ccc(C(N)c2cccc(OC)c2)c(Br)c1. The Morgan fingerprint density at radius 2 is 1.95 bits per heavy atom. The number of methoxy groups -OCH3 is 1. The van der Waals surface area contributed by atoms with Gasteiger partial charge in [-0.1, -0.05) is 34.1 Å². The van der Waals surface area contributed by atoms with E-state index < -0.39 is 0 Å². The van der Waals surface area contributed by atoms with E-state index in [1.807, 2.05) is 49.4 Å². The fourth-order valence-corrected chi connectivity index (χ4v) is 2.64. The lowest BCUT2D eigenvalue weighted by Gasteiger charge is -2.16. The summed E-state index contributed by atoms with van der Waals surface area (Å²) in [7, 11) is 1.65. The summed E-state index contributed by atoms with van der Waals surface area (Å²) in [5.74, 6) is 1.64. The molecule has 2 aromatic carbocycles. The quantitative estimate of drug-likeness (QED) is 0.900. The van der Waals surface area contributed by atoms with Crippen molar-refractivity contribution in [1.82, 2.24) is 0 Å². The van der Waals surface area contributed by atoms with E-state index in [0.717, 1.165) is 27.1 Å². The van der Waals surface area contributed by atoms with Crippen LogP contribution < -0.4 is 15.2 Å². The molecule has 1 atom stereocenters. The van der Waals surface area contributed by atoms with Crippen molar-refractivity contribution in [2.45, 2.75) is 13.0 Å². The lowest BCUT2D eigenvalue weighted by Crippen LogP contribution is -2.12. The number of halogens is 1. The van der Waals surface area contributed by atoms with Crippen molar-refractivity contribution in [1.29, 1.82) is 0 Å². The molecule has 0 amide bonds. The summed E-state index contributed by atoms with van der Waals surface area (Å²) in [5, 5.41) is 0. The Morgan fingerprint density at radius 1 is 1.15 bits per heavy atom. The van der Waals surface area contributed by atoms with Crippen LogP contribution in [0.2, 0.25) is 0 Å². The van der Waals surface area contributed by atoms with Crippen molar-refractivity contribution in [2.24, 2.45) is 5.73 Å². The Hall–Kier alpha value is -1.52. The standard InChI is InChI=1S/C16H18BrNO2/c1-3-20-13-7-8-14(15(17)10-13)16(18)11-5-4-6-12(9-11)19-2/h4-10,16H,3,18H2,1-2H3. The molecule has 0 radical (unpaired) electrons. The van der Waals surface area contributed by atoms with Gasteiger partial charge in [0.1, 0.15) is 11.5 Å². The summed E-state index contributed by atoms with van der Waals surface area (Å²) >= 11 is 3.56. The fraction of sp³-hybridized carbons (Fsp3) is 0.250. The maximum absolute atomic E-state index is 6.34. The molecule has 2 N–H and O–H groups in total. The van der Waals surface area contributed by atoms with Crippen LogP contribution in [0.5, 0.6) is 11.5 Å². The van der Waals surface area contributed by atoms with Crippen LogP contribution in [0, 0.1) is 0 Å². The zero-order valence-electron chi connectivity index (χ0n) is 11.6. The predicted octanol–water partition coefficient (Wildman–Crippen LogP) is 3.90. The van der Waals surface area contributed by atoms with Crippen LogP contribution in [-0.4, -0.2) is 13.7 Å². The summed E-state index contributed by atoms with van der Waals surface area (Å²) < 4.78 is 11.7. The summed E-state index contributed by atoms with van der Waals surface area (Å²) in [6, 6.07) is 13.4. The van der Waals surface area contributed by atoms with Gasteiger partial charge in [0.25, 0.3) is 0 Å². The van der Waals surface area contributed by atoms with Crippen LogP contribution in [0.3, 0.4) is 0 Å². The summed E-state index contributed by atoms with van der Waals surface area (Å²) in [5.41, 5.74) is 8.36. The van der Waals surface area contributed by atoms with Crippen molar-refractivity contribution in [3.8, 4) is 11.5 Å². The first-order valence-electron chi connectivity index (χ1n) is 6.47. The number of hydrogen-bond donors (Lipinski definition) is 1. The number of nitrogens with two attached hydrogens (primary N) is 1. The predicted molar refractivity (Wildman–Crippen MR) is 84.3 cm³/mol. The van der Waals surface area contributed by atoms with Gasteiger partial charge in [0.2, 0.25) is 0 Å². The second kappa shape index (κ2) is 6.77. The first-order valence-corrected chi connectivity index (χ1v) is 7.26. The maximum atomic E-state index is 6.34. The molecule has 0 bridgehead atoms. The molecule has 0 fully saturated rings. The molecule has 0 aromatic heterocycles. The van der Waals surface area contributed by atoms with Crippen molar-refractivity contribution in [3.05, 3.63) is 58.1 Å². The Labute approximate surface area is 127 Å². The minimum Gasteiger partial charge on any atom is -0.497 e. The van der Waals surface area contributed by atoms with E-state index in [1.165, 1.54) is 0 Å². The smallest absolute Gasteiger partial charge is 0.120 e. The van der Waals surface area contributed by atoms with Crippen LogP contribution in [-0.2, 0) is 0 Å². The summed E-state index contributed by atoms with van der Waals surface area (Å²) in [6.45, 7) is 2.61. The number of ether oxygens (including phenoxy) is 2. The lowest BCUT2D eigenvalue weighted by atomic mass is 9.99. The highest BCUT2D eigenvalue weighted by molar-refractivity contribution is 9.10. The van der Waals surface area contributed by atoms with Gasteiger partial charge in [-0.2, -0.15) is 0 Å². The van der Waals surface area contributed by atoms with E-state index in [4.69, 9.17) is 15.2 Å². The van der Waals surface area contributed by atoms with Gasteiger partial charge in [0, 0.05) is 4.47 Å². The summed E-state index contributed by atoms with van der Waals surface area (Å²) in [6.07, 6.45) is 0. The molecule has 106 valence electrons. The second-order valence-electron chi connectivity index (χ2n) is 4.37. The van der Waals surface area contributed by atoms with E-state index in [0.29, 0.717) is 6.61 Å². The normalized spacial score (nSPS) is 12.0. The monoisotopic (exact) mass is 335 g/mol. The van der Waals surface area contributed by atoms with Crippen LogP contribution in [0.15, 0.2) is 46.9 Å². The van der Waals surface area contributed by atoms with E-state index in [1.54, 1.807) is 7.11 Å². The second-order valence-corrected chi connectivity index (χ2v) is 5.22. The molecule has 0 aliphatic rings. The molecule has 3 nitrogen and oxygen atoms in total. The average Bonchev–Trinajstić information content (AvgIpc) is 2.47. The molecule has 0 heterocycles.